The molecule has 1 saturated carbocycles. The highest BCUT2D eigenvalue weighted by molar-refractivity contribution is 5.93. The third kappa shape index (κ3) is 5.94. The van der Waals surface area contributed by atoms with E-state index in [0.717, 1.165) is 0 Å². The Balaban J connectivity index is 1.19. The van der Waals surface area contributed by atoms with Crippen molar-refractivity contribution in [3.05, 3.63) is 52.8 Å². The number of nitrogens with zero attached hydrogens (tertiary/aromatic N) is 7. The molecule has 13 nitrogen and oxygen atoms in total. The van der Waals surface area contributed by atoms with Gasteiger partial charge in [-0.3, -0.25) is 10.1 Å². The van der Waals surface area contributed by atoms with E-state index in [-0.39, 0.29) is 68.1 Å². The maximum Gasteiger partial charge on any atom is 0.403 e. The Morgan fingerprint density at radius 3 is 2.61 bits per heavy atom. The van der Waals surface area contributed by atoms with Crippen molar-refractivity contribution in [3.63, 3.8) is 0 Å². The maximum atomic E-state index is 14.0. The Kier molecular flexibility index (Phi) is 7.34. The standard InChI is InChI=1S/C28H30F5N9O4/c1-13-21(41-46-39-13)24(43)38-22(16-3-5-27(29,30)6-4-16)17-12-42-20(36-17)7-15(11-34-42)8-26(10-19-35-14(2)45-40-19)9-18(28(31,32)33)37-25-23(26)44-25/h7,11-12,16,18,22-23,25,37H,3-6,8-10H2,1-2H3,(H,38,43)/t18-,22-,23?,25?,26-/m0/s1. The Bertz CT molecular complexity index is 1750. The molecule has 18 heteroatoms. The predicted octanol–water partition coefficient (Wildman–Crippen LogP) is 3.83. The predicted molar refractivity (Wildman–Crippen MR) is 144 cm³/mol. The van der Waals surface area contributed by atoms with Gasteiger partial charge in [0.05, 0.1) is 24.1 Å². The molecule has 3 aliphatic rings. The first-order valence-electron chi connectivity index (χ1n) is 14.9. The average Bonchev–Trinajstić information content (AvgIpc) is 3.25. The number of alkyl halides is 5. The van der Waals surface area contributed by atoms with Gasteiger partial charge in [-0.25, -0.2) is 22.9 Å². The second-order valence-electron chi connectivity index (χ2n) is 12.6. The lowest BCUT2D eigenvalue weighted by Gasteiger charge is -2.39. The molecule has 0 bridgehead atoms. The zero-order chi connectivity index (χ0) is 32.4. The molecule has 0 radical (unpaired) electrons. The SMILES string of the molecule is Cc1nc(C[C@]2(Cc3cnn4cc([C@@H](NC(=O)c5nonc5C)C5CCC(F)(F)CC5)nc4c3)C[C@@H](C(F)(F)F)NC3OC32)no1. The third-order valence-electron chi connectivity index (χ3n) is 9.20. The highest BCUT2D eigenvalue weighted by Gasteiger charge is 2.63. The van der Waals surface area contributed by atoms with Crippen molar-refractivity contribution in [1.82, 2.24) is 45.7 Å². The Labute approximate surface area is 257 Å². The lowest BCUT2D eigenvalue weighted by atomic mass is 9.69. The van der Waals surface area contributed by atoms with Crippen LogP contribution in [0.3, 0.4) is 0 Å². The Morgan fingerprint density at radius 2 is 1.93 bits per heavy atom. The Morgan fingerprint density at radius 1 is 1.15 bits per heavy atom. The molecule has 46 heavy (non-hydrogen) atoms. The van der Waals surface area contributed by atoms with E-state index in [0.29, 0.717) is 22.8 Å². The molecule has 0 spiro atoms. The van der Waals surface area contributed by atoms with E-state index in [1.54, 1.807) is 32.3 Å². The molecule has 3 fully saturated rings. The molecule has 1 amide bonds. The summed E-state index contributed by atoms with van der Waals surface area (Å²) >= 11 is 0. The van der Waals surface area contributed by atoms with Crippen molar-refractivity contribution in [2.45, 2.75) is 95.3 Å². The number of nitrogens with one attached hydrogen (secondary N) is 2. The van der Waals surface area contributed by atoms with Crippen molar-refractivity contribution >= 4 is 11.6 Å². The summed E-state index contributed by atoms with van der Waals surface area (Å²) in [5.74, 6) is -3.15. The number of amides is 1. The minimum absolute atomic E-state index is 0.0304. The molecule has 246 valence electrons. The van der Waals surface area contributed by atoms with Crippen LogP contribution in [0.5, 0.6) is 0 Å². The van der Waals surface area contributed by atoms with Crippen molar-refractivity contribution in [2.24, 2.45) is 11.3 Å². The molecule has 7 rings (SSSR count). The summed E-state index contributed by atoms with van der Waals surface area (Å²) < 4.78 is 86.9. The van der Waals surface area contributed by atoms with Crippen molar-refractivity contribution < 1.29 is 40.6 Å². The largest absolute Gasteiger partial charge is 0.403 e. The molecule has 2 unspecified atom stereocenters. The number of carbonyl (C=O) groups is 1. The summed E-state index contributed by atoms with van der Waals surface area (Å²) in [7, 11) is 0. The normalized spacial score (nSPS) is 27.0. The number of carbonyl (C=O) groups excluding carboxylic acids is 1. The van der Waals surface area contributed by atoms with E-state index in [4.69, 9.17) is 14.2 Å². The van der Waals surface area contributed by atoms with Crippen molar-refractivity contribution in [2.75, 3.05) is 0 Å². The van der Waals surface area contributed by atoms with Crippen LogP contribution >= 0.6 is 0 Å². The number of aryl methyl sites for hydroxylation is 2. The van der Waals surface area contributed by atoms with Crippen LogP contribution in [0.4, 0.5) is 22.0 Å². The average molecular weight is 652 g/mol. The molecule has 4 aromatic heterocycles. The second-order valence-corrected chi connectivity index (χ2v) is 12.6. The van der Waals surface area contributed by atoms with Gasteiger partial charge in [0.25, 0.3) is 5.91 Å². The molecule has 1 aliphatic carbocycles. The fraction of sp³-hybridized carbons (Fsp3) is 0.607. The molecule has 4 aromatic rings. The van der Waals surface area contributed by atoms with Crippen LogP contribution in [-0.4, -0.2) is 71.4 Å². The van der Waals surface area contributed by atoms with Gasteiger partial charge >= 0.3 is 6.18 Å². The summed E-state index contributed by atoms with van der Waals surface area (Å²) in [6, 6.07) is -0.841. The zero-order valence-electron chi connectivity index (χ0n) is 24.7. The van der Waals surface area contributed by atoms with Crippen LogP contribution in [0.15, 0.2) is 27.6 Å². The lowest BCUT2D eigenvalue weighted by Crippen LogP contribution is -2.55. The number of ether oxygens (including phenoxy) is 1. The van der Waals surface area contributed by atoms with Gasteiger partial charge < -0.3 is 14.6 Å². The number of aromatic nitrogens is 7. The van der Waals surface area contributed by atoms with Gasteiger partial charge in [0.15, 0.2) is 17.2 Å². The van der Waals surface area contributed by atoms with Crippen LogP contribution in [-0.2, 0) is 17.6 Å². The van der Waals surface area contributed by atoms with E-state index in [2.05, 4.69) is 40.8 Å². The van der Waals surface area contributed by atoms with Crippen LogP contribution < -0.4 is 10.6 Å². The summed E-state index contributed by atoms with van der Waals surface area (Å²) in [6.07, 6.45) is -3.05. The molecule has 6 heterocycles. The number of imidazole rings is 1. The number of rotatable bonds is 8. The van der Waals surface area contributed by atoms with Crippen LogP contribution in [0.25, 0.3) is 5.65 Å². The third-order valence-corrected chi connectivity index (χ3v) is 9.20. The molecule has 2 saturated heterocycles. The lowest BCUT2D eigenvalue weighted by molar-refractivity contribution is -0.168. The van der Waals surface area contributed by atoms with Crippen LogP contribution in [0.2, 0.25) is 0 Å². The molecule has 5 atom stereocenters. The van der Waals surface area contributed by atoms with Gasteiger partial charge in [0, 0.05) is 31.6 Å². The molecular weight excluding hydrogens is 621 g/mol. The number of hydrogen-bond donors (Lipinski definition) is 2. The summed E-state index contributed by atoms with van der Waals surface area (Å²) in [4.78, 5) is 22.1. The zero-order valence-corrected chi connectivity index (χ0v) is 24.7. The first kappa shape index (κ1) is 30.6. The van der Waals surface area contributed by atoms with Crippen molar-refractivity contribution in [1.29, 1.82) is 0 Å². The van der Waals surface area contributed by atoms with Crippen molar-refractivity contribution in [3.8, 4) is 0 Å². The quantitative estimate of drug-likeness (QED) is 0.210. The Hall–Kier alpha value is -4.06. The van der Waals surface area contributed by atoms with Gasteiger partial charge in [0.2, 0.25) is 11.8 Å². The molecule has 2 aliphatic heterocycles. The molecule has 2 N–H and O–H groups in total. The minimum atomic E-state index is -4.50. The smallest absolute Gasteiger partial charge is 0.353 e. The number of fused-ring (bicyclic) bond motifs is 2. The topological polar surface area (TPSA) is 162 Å². The number of piperidine rings is 1. The van der Waals surface area contributed by atoms with Crippen LogP contribution in [0, 0.1) is 25.2 Å². The van der Waals surface area contributed by atoms with E-state index in [9.17, 15) is 26.7 Å². The summed E-state index contributed by atoms with van der Waals surface area (Å²) in [6.45, 7) is 3.16. The number of hydrogen-bond acceptors (Lipinski definition) is 11. The fourth-order valence-corrected chi connectivity index (χ4v) is 6.89. The van der Waals surface area contributed by atoms with E-state index < -0.39 is 47.8 Å². The highest BCUT2D eigenvalue weighted by atomic mass is 19.4. The van der Waals surface area contributed by atoms with Gasteiger partial charge in [0.1, 0.15) is 24.1 Å². The first-order chi connectivity index (χ1) is 21.8. The van der Waals surface area contributed by atoms with E-state index >= 15 is 0 Å². The van der Waals surface area contributed by atoms with Gasteiger partial charge in [-0.2, -0.15) is 23.3 Å². The maximum absolute atomic E-state index is 14.0. The van der Waals surface area contributed by atoms with Crippen LogP contribution in [0.1, 0.15) is 77.3 Å². The molecular formula is C28H30F5N9O4. The minimum Gasteiger partial charge on any atom is -0.353 e. The second kappa shape index (κ2) is 11.0. The van der Waals surface area contributed by atoms with E-state index in [1.807, 2.05) is 0 Å². The van der Waals surface area contributed by atoms with Gasteiger partial charge in [-0.05, 0) is 55.3 Å². The number of epoxide rings is 1. The fourth-order valence-electron chi connectivity index (χ4n) is 6.89. The summed E-state index contributed by atoms with van der Waals surface area (Å²) in [5.41, 5.74) is 0.567. The van der Waals surface area contributed by atoms with E-state index in [1.165, 1.54) is 4.52 Å². The van der Waals surface area contributed by atoms with Gasteiger partial charge in [-0.15, -0.1) is 0 Å². The van der Waals surface area contributed by atoms with Gasteiger partial charge in [-0.1, -0.05) is 10.3 Å². The summed E-state index contributed by atoms with van der Waals surface area (Å²) in [5, 5.41) is 21.1. The highest BCUT2D eigenvalue weighted by Crippen LogP contribution is 2.51. The monoisotopic (exact) mass is 651 g/mol. The first-order valence-corrected chi connectivity index (χ1v) is 14.9. The number of halogens is 5. The molecule has 0 aromatic carbocycles.